The predicted molar refractivity (Wildman–Crippen MR) is 51.7 cm³/mol. The topological polar surface area (TPSA) is 26.0 Å². The van der Waals surface area contributed by atoms with Gasteiger partial charge < -0.3 is 5.73 Å². The van der Waals surface area contributed by atoms with E-state index in [2.05, 4.69) is 20.8 Å². The molecule has 2 N–H and O–H groups in total. The summed E-state index contributed by atoms with van der Waals surface area (Å²) < 4.78 is 0. The Bertz CT molecular complexity index is 185. The molecule has 3 rings (SSSR count). The van der Waals surface area contributed by atoms with Crippen LogP contribution in [-0.4, -0.2) is 6.54 Å². The second-order valence-electron chi connectivity index (χ2n) is 5.47. The van der Waals surface area contributed by atoms with Crippen molar-refractivity contribution in [2.45, 2.75) is 33.6 Å². The molecular formula is C11H21N. The average Bonchev–Trinajstić information content (AvgIpc) is 2.03. The van der Waals surface area contributed by atoms with Crippen LogP contribution in [-0.2, 0) is 0 Å². The Morgan fingerprint density at radius 1 is 1.33 bits per heavy atom. The second kappa shape index (κ2) is 2.47. The molecule has 2 bridgehead atoms. The number of hydrogen-bond acceptors (Lipinski definition) is 1. The van der Waals surface area contributed by atoms with E-state index >= 15 is 0 Å². The third-order valence-electron chi connectivity index (χ3n) is 4.72. The molecule has 3 aliphatic rings. The van der Waals surface area contributed by atoms with Crippen molar-refractivity contribution < 1.29 is 0 Å². The van der Waals surface area contributed by atoms with Crippen LogP contribution in [0.5, 0.6) is 0 Å². The molecule has 0 aromatic heterocycles. The molecule has 1 nitrogen and oxygen atoms in total. The highest BCUT2D eigenvalue weighted by Gasteiger charge is 2.55. The van der Waals surface area contributed by atoms with Crippen molar-refractivity contribution >= 4 is 0 Å². The van der Waals surface area contributed by atoms with E-state index in [4.69, 9.17) is 5.73 Å². The molecule has 0 radical (unpaired) electrons. The Balaban J connectivity index is 2.15. The van der Waals surface area contributed by atoms with Crippen molar-refractivity contribution in [3.63, 3.8) is 0 Å². The average molecular weight is 167 g/mol. The molecule has 0 spiro atoms. The van der Waals surface area contributed by atoms with Gasteiger partial charge in [-0.15, -0.1) is 0 Å². The molecule has 4 atom stereocenters. The Kier molecular flexibility index (Phi) is 1.76. The lowest BCUT2D eigenvalue weighted by molar-refractivity contribution is -0.127. The smallest absolute Gasteiger partial charge is 0.00435 e. The summed E-state index contributed by atoms with van der Waals surface area (Å²) in [6.45, 7) is 8.15. The zero-order valence-electron chi connectivity index (χ0n) is 8.51. The molecule has 3 fully saturated rings. The van der Waals surface area contributed by atoms with Gasteiger partial charge in [-0.25, -0.2) is 0 Å². The van der Waals surface area contributed by atoms with Gasteiger partial charge in [-0.3, -0.25) is 0 Å². The Morgan fingerprint density at radius 2 is 2.00 bits per heavy atom. The van der Waals surface area contributed by atoms with E-state index in [0.717, 1.165) is 30.2 Å². The van der Waals surface area contributed by atoms with Crippen LogP contribution in [0.3, 0.4) is 0 Å². The van der Waals surface area contributed by atoms with Crippen LogP contribution >= 0.6 is 0 Å². The predicted octanol–water partition coefficient (Wildman–Crippen LogP) is 2.26. The third kappa shape index (κ3) is 0.891. The van der Waals surface area contributed by atoms with Gasteiger partial charge in [0.2, 0.25) is 0 Å². The van der Waals surface area contributed by atoms with E-state index in [-0.39, 0.29) is 0 Å². The lowest BCUT2D eigenvalue weighted by Crippen LogP contribution is -2.56. The third-order valence-corrected chi connectivity index (χ3v) is 4.72. The largest absolute Gasteiger partial charge is 0.330 e. The lowest BCUT2D eigenvalue weighted by atomic mass is 9.43. The van der Waals surface area contributed by atoms with E-state index in [1.807, 2.05) is 0 Å². The van der Waals surface area contributed by atoms with Crippen LogP contribution in [0.15, 0.2) is 0 Å². The van der Waals surface area contributed by atoms with Crippen LogP contribution in [0.1, 0.15) is 33.6 Å². The van der Waals surface area contributed by atoms with Crippen molar-refractivity contribution in [1.29, 1.82) is 0 Å². The fourth-order valence-corrected chi connectivity index (χ4v) is 3.60. The molecule has 70 valence electrons. The number of nitrogens with two attached hydrogens (primary N) is 1. The van der Waals surface area contributed by atoms with Gasteiger partial charge in [0.1, 0.15) is 0 Å². The summed E-state index contributed by atoms with van der Waals surface area (Å²) >= 11 is 0. The van der Waals surface area contributed by atoms with Crippen molar-refractivity contribution in [3.05, 3.63) is 0 Å². The maximum absolute atomic E-state index is 5.83. The first-order valence-corrected chi connectivity index (χ1v) is 5.27. The van der Waals surface area contributed by atoms with Crippen LogP contribution in [0.25, 0.3) is 0 Å². The molecule has 0 heterocycles. The summed E-state index contributed by atoms with van der Waals surface area (Å²) in [6.07, 6.45) is 2.88. The molecule has 0 aromatic carbocycles. The van der Waals surface area contributed by atoms with E-state index in [1.54, 1.807) is 0 Å². The van der Waals surface area contributed by atoms with Gasteiger partial charge in [0.05, 0.1) is 0 Å². The number of rotatable bonds is 1. The van der Waals surface area contributed by atoms with Crippen molar-refractivity contribution in [2.24, 2.45) is 34.8 Å². The maximum atomic E-state index is 5.83. The van der Waals surface area contributed by atoms with Gasteiger partial charge in [0, 0.05) is 0 Å². The Morgan fingerprint density at radius 3 is 2.42 bits per heavy atom. The van der Waals surface area contributed by atoms with Gasteiger partial charge in [-0.05, 0) is 48.5 Å². The van der Waals surface area contributed by atoms with Crippen LogP contribution in [0.4, 0.5) is 0 Å². The lowest BCUT2D eigenvalue weighted by Gasteiger charge is -2.62. The molecule has 0 aliphatic heterocycles. The highest BCUT2D eigenvalue weighted by Crippen LogP contribution is 2.62. The van der Waals surface area contributed by atoms with E-state index in [1.165, 1.54) is 12.8 Å². The minimum atomic E-state index is 0.608. The normalized spacial score (nSPS) is 50.0. The van der Waals surface area contributed by atoms with Gasteiger partial charge in [0.15, 0.2) is 0 Å². The highest BCUT2D eigenvalue weighted by molar-refractivity contribution is 5.05. The number of hydrogen-bond donors (Lipinski definition) is 1. The summed E-state index contributed by atoms with van der Waals surface area (Å²) in [6, 6.07) is 0. The minimum Gasteiger partial charge on any atom is -0.330 e. The summed E-state index contributed by atoms with van der Waals surface area (Å²) in [5.74, 6) is 3.62. The fourth-order valence-electron chi connectivity index (χ4n) is 3.60. The molecule has 12 heavy (non-hydrogen) atoms. The summed E-state index contributed by atoms with van der Waals surface area (Å²) in [5.41, 5.74) is 6.44. The summed E-state index contributed by atoms with van der Waals surface area (Å²) in [4.78, 5) is 0. The SMILES string of the molecule is C[C@@H]1C[C@@H]2C[C@H]([C@H]1CN)C2(C)C. The van der Waals surface area contributed by atoms with Crippen LogP contribution in [0, 0.1) is 29.1 Å². The molecule has 3 saturated carbocycles. The van der Waals surface area contributed by atoms with Gasteiger partial charge in [-0.1, -0.05) is 20.8 Å². The first kappa shape index (κ1) is 8.55. The van der Waals surface area contributed by atoms with Crippen molar-refractivity contribution in [1.82, 2.24) is 0 Å². The number of fused-ring (bicyclic) bond motifs is 2. The fraction of sp³-hybridized carbons (Fsp3) is 1.00. The standard InChI is InChI=1S/C11H21N/c1-7-4-8-5-10(9(7)6-12)11(8,2)3/h7-10H,4-6,12H2,1-3H3/t7-,8-,9+,10-/m1/s1. The van der Waals surface area contributed by atoms with Crippen molar-refractivity contribution in [2.75, 3.05) is 6.54 Å². The zero-order valence-corrected chi connectivity index (χ0v) is 8.51. The zero-order chi connectivity index (χ0) is 8.93. The molecule has 0 aromatic rings. The first-order chi connectivity index (χ1) is 5.57. The molecule has 0 saturated heterocycles. The van der Waals surface area contributed by atoms with Crippen LogP contribution in [0.2, 0.25) is 0 Å². The molecule has 1 heteroatoms. The summed E-state index contributed by atoms with van der Waals surface area (Å²) in [7, 11) is 0. The minimum absolute atomic E-state index is 0.608. The Labute approximate surface area is 75.7 Å². The Hall–Kier alpha value is -0.0400. The monoisotopic (exact) mass is 167 g/mol. The highest BCUT2D eigenvalue weighted by atomic mass is 14.7. The van der Waals surface area contributed by atoms with Gasteiger partial charge in [0.25, 0.3) is 0 Å². The van der Waals surface area contributed by atoms with Crippen molar-refractivity contribution in [3.8, 4) is 0 Å². The maximum Gasteiger partial charge on any atom is -0.00435 e. The quantitative estimate of drug-likeness (QED) is 0.637. The van der Waals surface area contributed by atoms with Crippen LogP contribution < -0.4 is 5.73 Å². The molecule has 0 amide bonds. The van der Waals surface area contributed by atoms with E-state index in [0.29, 0.717) is 5.41 Å². The van der Waals surface area contributed by atoms with Gasteiger partial charge >= 0.3 is 0 Å². The first-order valence-electron chi connectivity index (χ1n) is 5.27. The van der Waals surface area contributed by atoms with E-state index < -0.39 is 0 Å². The molecular weight excluding hydrogens is 146 g/mol. The second-order valence-corrected chi connectivity index (χ2v) is 5.47. The molecule has 3 aliphatic carbocycles. The summed E-state index contributed by atoms with van der Waals surface area (Å²) in [5, 5.41) is 0. The molecule has 0 unspecified atom stereocenters. The van der Waals surface area contributed by atoms with Gasteiger partial charge in [-0.2, -0.15) is 0 Å². The van der Waals surface area contributed by atoms with E-state index in [9.17, 15) is 0 Å².